The van der Waals surface area contributed by atoms with Gasteiger partial charge in [0.15, 0.2) is 5.65 Å². The Hall–Kier alpha value is -1.29. The van der Waals surface area contributed by atoms with Crippen LogP contribution in [0.5, 0.6) is 5.88 Å². The van der Waals surface area contributed by atoms with Crippen LogP contribution in [0.1, 0.15) is 39.1 Å². The maximum Gasteiger partial charge on any atom is 0.215 e. The van der Waals surface area contributed by atoms with E-state index in [4.69, 9.17) is 16.3 Å². The standard InChI is InChI=1S/C15H22ClN3O/c1-5-10(2)11(3)19-13(8-9-16)17-12-6-7-14(20-4)18-15(12)19/h6-7,10-11H,5,8-9H2,1-4H3. The summed E-state index contributed by atoms with van der Waals surface area (Å²) >= 11 is 5.91. The molecule has 0 saturated carbocycles. The van der Waals surface area contributed by atoms with Gasteiger partial charge in [-0.3, -0.25) is 0 Å². The lowest BCUT2D eigenvalue weighted by molar-refractivity contribution is 0.365. The van der Waals surface area contributed by atoms with Gasteiger partial charge in [0.1, 0.15) is 11.3 Å². The summed E-state index contributed by atoms with van der Waals surface area (Å²) in [5.74, 6) is 2.73. The Kier molecular flexibility index (Phi) is 4.86. The molecule has 2 atom stereocenters. The Labute approximate surface area is 125 Å². The van der Waals surface area contributed by atoms with Crippen molar-refractivity contribution in [3.63, 3.8) is 0 Å². The highest BCUT2D eigenvalue weighted by atomic mass is 35.5. The second-order valence-corrected chi connectivity index (χ2v) is 5.54. The summed E-state index contributed by atoms with van der Waals surface area (Å²) in [6.07, 6.45) is 1.87. The molecule has 0 N–H and O–H groups in total. The summed E-state index contributed by atoms with van der Waals surface area (Å²) in [4.78, 5) is 9.25. The minimum atomic E-state index is 0.336. The number of ether oxygens (including phenoxy) is 1. The number of aryl methyl sites for hydroxylation is 1. The molecule has 20 heavy (non-hydrogen) atoms. The molecular weight excluding hydrogens is 274 g/mol. The molecule has 2 unspecified atom stereocenters. The summed E-state index contributed by atoms with van der Waals surface area (Å²) in [7, 11) is 1.63. The maximum atomic E-state index is 5.91. The molecule has 0 fully saturated rings. The van der Waals surface area contributed by atoms with Crippen molar-refractivity contribution in [3.8, 4) is 5.88 Å². The largest absolute Gasteiger partial charge is 0.481 e. The smallest absolute Gasteiger partial charge is 0.215 e. The zero-order valence-electron chi connectivity index (χ0n) is 12.6. The molecule has 2 rings (SSSR count). The van der Waals surface area contributed by atoms with Crippen molar-refractivity contribution in [1.29, 1.82) is 0 Å². The van der Waals surface area contributed by atoms with E-state index in [0.717, 1.165) is 29.8 Å². The summed E-state index contributed by atoms with van der Waals surface area (Å²) in [6.45, 7) is 6.67. The second kappa shape index (κ2) is 6.44. The second-order valence-electron chi connectivity index (χ2n) is 5.16. The molecule has 5 heteroatoms. The van der Waals surface area contributed by atoms with Crippen LogP contribution in [0.4, 0.5) is 0 Å². The van der Waals surface area contributed by atoms with Crippen LogP contribution in [0.3, 0.4) is 0 Å². The fourth-order valence-corrected chi connectivity index (χ4v) is 2.57. The van der Waals surface area contributed by atoms with Crippen LogP contribution in [-0.4, -0.2) is 27.5 Å². The van der Waals surface area contributed by atoms with E-state index in [1.54, 1.807) is 7.11 Å². The first kappa shape index (κ1) is 15.1. The highest BCUT2D eigenvalue weighted by Gasteiger charge is 2.20. The van der Waals surface area contributed by atoms with Crippen molar-refractivity contribution in [2.75, 3.05) is 13.0 Å². The van der Waals surface area contributed by atoms with Gasteiger partial charge >= 0.3 is 0 Å². The van der Waals surface area contributed by atoms with E-state index < -0.39 is 0 Å². The van der Waals surface area contributed by atoms with Crippen molar-refractivity contribution in [2.24, 2.45) is 5.92 Å². The predicted octanol–water partition coefficient (Wildman–Crippen LogP) is 3.83. The molecule has 0 amide bonds. The topological polar surface area (TPSA) is 39.9 Å². The molecule has 0 aliphatic carbocycles. The highest BCUT2D eigenvalue weighted by molar-refractivity contribution is 6.17. The number of nitrogens with zero attached hydrogens (tertiary/aromatic N) is 3. The van der Waals surface area contributed by atoms with Crippen LogP contribution in [0.2, 0.25) is 0 Å². The van der Waals surface area contributed by atoms with Crippen molar-refractivity contribution >= 4 is 22.8 Å². The molecule has 110 valence electrons. The van der Waals surface area contributed by atoms with Crippen molar-refractivity contribution in [1.82, 2.24) is 14.5 Å². The number of pyridine rings is 1. The zero-order valence-corrected chi connectivity index (χ0v) is 13.3. The van der Waals surface area contributed by atoms with Gasteiger partial charge in [-0.15, -0.1) is 11.6 Å². The molecule has 2 aromatic rings. The normalized spacial score (nSPS) is 14.4. The SMILES string of the molecule is CCC(C)C(C)n1c(CCCl)nc2ccc(OC)nc21. The number of imidazole rings is 1. The van der Waals surface area contributed by atoms with Gasteiger partial charge in [-0.2, -0.15) is 4.98 Å². The van der Waals surface area contributed by atoms with E-state index in [-0.39, 0.29) is 0 Å². The Balaban J connectivity index is 2.59. The van der Waals surface area contributed by atoms with E-state index in [0.29, 0.717) is 23.7 Å². The number of rotatable bonds is 6. The number of alkyl halides is 1. The monoisotopic (exact) mass is 295 g/mol. The van der Waals surface area contributed by atoms with Crippen LogP contribution in [0.15, 0.2) is 12.1 Å². The first-order valence-corrected chi connectivity index (χ1v) is 7.63. The predicted molar refractivity (Wildman–Crippen MR) is 82.7 cm³/mol. The number of halogens is 1. The van der Waals surface area contributed by atoms with E-state index >= 15 is 0 Å². The van der Waals surface area contributed by atoms with Gasteiger partial charge in [-0.1, -0.05) is 20.3 Å². The molecule has 4 nitrogen and oxygen atoms in total. The molecule has 0 aliphatic heterocycles. The van der Waals surface area contributed by atoms with Crippen LogP contribution < -0.4 is 4.74 Å². The average Bonchev–Trinajstić information content (AvgIpc) is 2.82. The first-order valence-electron chi connectivity index (χ1n) is 7.10. The molecule has 0 aromatic carbocycles. The van der Waals surface area contributed by atoms with E-state index in [1.807, 2.05) is 12.1 Å². The van der Waals surface area contributed by atoms with Gasteiger partial charge in [-0.25, -0.2) is 4.98 Å². The first-order chi connectivity index (χ1) is 9.62. The number of hydrogen-bond donors (Lipinski definition) is 0. The van der Waals surface area contributed by atoms with E-state index in [9.17, 15) is 0 Å². The van der Waals surface area contributed by atoms with E-state index in [1.165, 1.54) is 0 Å². The molecule has 2 aromatic heterocycles. The summed E-state index contributed by atoms with van der Waals surface area (Å²) in [5.41, 5.74) is 1.79. The molecule has 0 radical (unpaired) electrons. The molecule has 0 bridgehead atoms. The maximum absolute atomic E-state index is 5.91. The molecular formula is C15H22ClN3O. The lowest BCUT2D eigenvalue weighted by Gasteiger charge is -2.22. The van der Waals surface area contributed by atoms with Crippen molar-refractivity contribution in [3.05, 3.63) is 18.0 Å². The minimum Gasteiger partial charge on any atom is -0.481 e. The molecule has 0 saturated heterocycles. The lowest BCUT2D eigenvalue weighted by Crippen LogP contribution is -2.17. The van der Waals surface area contributed by atoms with Crippen LogP contribution in [0, 0.1) is 5.92 Å². The lowest BCUT2D eigenvalue weighted by atomic mass is 10.0. The Bertz CT molecular complexity index is 582. The third kappa shape index (κ3) is 2.75. The Morgan fingerprint density at radius 2 is 2.05 bits per heavy atom. The number of fused-ring (bicyclic) bond motifs is 1. The van der Waals surface area contributed by atoms with Gasteiger partial charge in [-0.05, 0) is 18.9 Å². The molecule has 0 spiro atoms. The number of hydrogen-bond acceptors (Lipinski definition) is 3. The Morgan fingerprint density at radius 1 is 1.30 bits per heavy atom. The van der Waals surface area contributed by atoms with Crippen LogP contribution in [0.25, 0.3) is 11.2 Å². The summed E-state index contributed by atoms with van der Waals surface area (Å²) < 4.78 is 7.45. The van der Waals surface area contributed by atoms with Gasteiger partial charge in [0.25, 0.3) is 0 Å². The number of aromatic nitrogens is 3. The average molecular weight is 296 g/mol. The number of methoxy groups -OCH3 is 1. The van der Waals surface area contributed by atoms with Crippen LogP contribution in [-0.2, 0) is 6.42 Å². The van der Waals surface area contributed by atoms with Gasteiger partial charge in [0.2, 0.25) is 5.88 Å². The fourth-order valence-electron chi connectivity index (χ4n) is 2.40. The summed E-state index contributed by atoms with van der Waals surface area (Å²) in [5, 5.41) is 0. The van der Waals surface area contributed by atoms with Crippen molar-refractivity contribution < 1.29 is 4.74 Å². The minimum absolute atomic E-state index is 0.336. The summed E-state index contributed by atoms with van der Waals surface area (Å²) in [6, 6.07) is 4.14. The highest BCUT2D eigenvalue weighted by Crippen LogP contribution is 2.28. The zero-order chi connectivity index (χ0) is 14.7. The van der Waals surface area contributed by atoms with Crippen LogP contribution >= 0.6 is 11.6 Å². The van der Waals surface area contributed by atoms with E-state index in [2.05, 4.69) is 35.3 Å². The molecule has 0 aliphatic rings. The third-order valence-electron chi connectivity index (χ3n) is 3.99. The van der Waals surface area contributed by atoms with Gasteiger partial charge < -0.3 is 9.30 Å². The third-order valence-corrected chi connectivity index (χ3v) is 4.18. The Morgan fingerprint density at radius 3 is 2.65 bits per heavy atom. The molecule has 2 heterocycles. The van der Waals surface area contributed by atoms with Gasteiger partial charge in [0.05, 0.1) is 7.11 Å². The van der Waals surface area contributed by atoms with Gasteiger partial charge in [0, 0.05) is 24.4 Å². The quantitative estimate of drug-likeness (QED) is 0.760. The van der Waals surface area contributed by atoms with Crippen molar-refractivity contribution in [2.45, 2.75) is 39.7 Å². The fraction of sp³-hybridized carbons (Fsp3) is 0.600.